The Bertz CT molecular complexity index is 378. The fourth-order valence-electron chi connectivity index (χ4n) is 2.51. The van der Waals surface area contributed by atoms with E-state index in [0.717, 1.165) is 12.2 Å². The van der Waals surface area contributed by atoms with Crippen molar-refractivity contribution in [2.45, 2.75) is 19.4 Å². The normalized spacial score (nSPS) is 24.0. The van der Waals surface area contributed by atoms with Gasteiger partial charge in [-0.1, -0.05) is 22.9 Å². The van der Waals surface area contributed by atoms with Crippen molar-refractivity contribution in [2.75, 3.05) is 14.2 Å². The van der Waals surface area contributed by atoms with E-state index >= 15 is 0 Å². The highest BCUT2D eigenvalue weighted by atomic mass is 79.9. The Hall–Kier alpha value is -0.540. The summed E-state index contributed by atoms with van der Waals surface area (Å²) in [6.07, 6.45) is 1.09. The first-order chi connectivity index (χ1) is 7.19. The van der Waals surface area contributed by atoms with Crippen LogP contribution in [0.25, 0.3) is 0 Å². The fourth-order valence-corrected chi connectivity index (χ4v) is 3.13. The molecule has 1 aromatic carbocycles. The average molecular weight is 270 g/mol. The zero-order valence-corrected chi connectivity index (χ0v) is 10.9. The smallest absolute Gasteiger partial charge is 0.122 e. The molecule has 1 aromatic rings. The molecule has 2 atom stereocenters. The summed E-state index contributed by atoms with van der Waals surface area (Å²) in [6.45, 7) is 2.27. The molecule has 1 N–H and O–H groups in total. The summed E-state index contributed by atoms with van der Waals surface area (Å²) < 4.78 is 6.59. The Labute approximate surface area is 99.1 Å². The van der Waals surface area contributed by atoms with E-state index in [-0.39, 0.29) is 0 Å². The van der Waals surface area contributed by atoms with E-state index in [1.165, 1.54) is 15.6 Å². The summed E-state index contributed by atoms with van der Waals surface area (Å²) in [6, 6.07) is 4.54. The quantitative estimate of drug-likeness (QED) is 0.892. The first kappa shape index (κ1) is 11.0. The zero-order chi connectivity index (χ0) is 11.0. The number of fused-ring (bicyclic) bond motifs is 1. The van der Waals surface area contributed by atoms with Gasteiger partial charge in [-0.25, -0.2) is 0 Å². The van der Waals surface area contributed by atoms with Crippen LogP contribution in [0.15, 0.2) is 16.6 Å². The summed E-state index contributed by atoms with van der Waals surface area (Å²) in [7, 11) is 3.75. The third-order valence-corrected chi connectivity index (χ3v) is 3.89. The molecule has 0 saturated carbocycles. The highest BCUT2D eigenvalue weighted by Gasteiger charge is 2.32. The molecule has 3 heteroatoms. The van der Waals surface area contributed by atoms with Crippen LogP contribution < -0.4 is 10.1 Å². The second-order valence-corrected chi connectivity index (χ2v) is 4.94. The number of nitrogens with one attached hydrogen (secondary N) is 1. The molecule has 1 aliphatic rings. The van der Waals surface area contributed by atoms with Gasteiger partial charge in [-0.05, 0) is 37.1 Å². The van der Waals surface area contributed by atoms with Crippen LogP contribution in [0.5, 0.6) is 5.75 Å². The van der Waals surface area contributed by atoms with Crippen molar-refractivity contribution >= 4 is 15.9 Å². The number of ether oxygens (including phenoxy) is 1. The SMILES string of the molecule is CNC1c2c(Br)ccc(OC)c2CC1C. The molecule has 0 saturated heterocycles. The van der Waals surface area contributed by atoms with Crippen molar-refractivity contribution < 1.29 is 4.74 Å². The van der Waals surface area contributed by atoms with Crippen LogP contribution in [0.3, 0.4) is 0 Å². The lowest BCUT2D eigenvalue weighted by Crippen LogP contribution is -2.19. The lowest BCUT2D eigenvalue weighted by atomic mass is 10.0. The third-order valence-electron chi connectivity index (χ3n) is 3.20. The molecule has 2 unspecified atom stereocenters. The van der Waals surface area contributed by atoms with Gasteiger partial charge in [-0.3, -0.25) is 0 Å². The van der Waals surface area contributed by atoms with Crippen LogP contribution in [0.4, 0.5) is 0 Å². The van der Waals surface area contributed by atoms with Gasteiger partial charge in [0.25, 0.3) is 0 Å². The van der Waals surface area contributed by atoms with E-state index in [1.54, 1.807) is 7.11 Å². The molecule has 0 aliphatic heterocycles. The molecular weight excluding hydrogens is 254 g/mol. The van der Waals surface area contributed by atoms with Crippen LogP contribution in [-0.2, 0) is 6.42 Å². The molecule has 1 aliphatic carbocycles. The standard InChI is InChI=1S/C12H16BrNO/c1-7-6-8-10(15-3)5-4-9(13)11(8)12(7)14-2/h4-5,7,12,14H,6H2,1-3H3. The van der Waals surface area contributed by atoms with Crippen molar-refractivity contribution in [3.8, 4) is 5.75 Å². The zero-order valence-electron chi connectivity index (χ0n) is 9.30. The minimum absolute atomic E-state index is 0.435. The second-order valence-electron chi connectivity index (χ2n) is 4.09. The minimum atomic E-state index is 0.435. The number of methoxy groups -OCH3 is 1. The average Bonchev–Trinajstić information content (AvgIpc) is 2.56. The van der Waals surface area contributed by atoms with Crippen LogP contribution in [-0.4, -0.2) is 14.2 Å². The van der Waals surface area contributed by atoms with E-state index in [1.807, 2.05) is 13.1 Å². The molecule has 0 bridgehead atoms. The highest BCUT2D eigenvalue weighted by Crippen LogP contribution is 2.44. The van der Waals surface area contributed by atoms with Crippen molar-refractivity contribution in [3.63, 3.8) is 0 Å². The summed E-state index contributed by atoms with van der Waals surface area (Å²) in [4.78, 5) is 0. The van der Waals surface area contributed by atoms with E-state index in [2.05, 4.69) is 34.2 Å². The molecule has 0 fully saturated rings. The molecule has 82 valence electrons. The summed E-state index contributed by atoms with van der Waals surface area (Å²) in [5.74, 6) is 1.63. The Morgan fingerprint density at radius 2 is 2.20 bits per heavy atom. The van der Waals surface area contributed by atoms with Gasteiger partial charge in [0.2, 0.25) is 0 Å². The number of hydrogen-bond acceptors (Lipinski definition) is 2. The number of halogens is 1. The van der Waals surface area contributed by atoms with Crippen molar-refractivity contribution in [2.24, 2.45) is 5.92 Å². The maximum Gasteiger partial charge on any atom is 0.122 e. The van der Waals surface area contributed by atoms with Crippen LogP contribution in [0, 0.1) is 5.92 Å². The third kappa shape index (κ3) is 1.68. The van der Waals surface area contributed by atoms with Gasteiger partial charge in [0.15, 0.2) is 0 Å². The maximum atomic E-state index is 5.40. The van der Waals surface area contributed by atoms with Crippen molar-refractivity contribution in [3.05, 3.63) is 27.7 Å². The van der Waals surface area contributed by atoms with Gasteiger partial charge in [-0.15, -0.1) is 0 Å². The first-order valence-corrected chi connectivity index (χ1v) is 6.00. The largest absolute Gasteiger partial charge is 0.496 e. The first-order valence-electron chi connectivity index (χ1n) is 5.21. The Balaban J connectivity index is 2.55. The van der Waals surface area contributed by atoms with Crippen molar-refractivity contribution in [1.82, 2.24) is 5.32 Å². The predicted molar refractivity (Wildman–Crippen MR) is 65.4 cm³/mol. The van der Waals surface area contributed by atoms with E-state index in [4.69, 9.17) is 4.74 Å². The highest BCUT2D eigenvalue weighted by molar-refractivity contribution is 9.10. The molecular formula is C12H16BrNO. The minimum Gasteiger partial charge on any atom is -0.496 e. The molecule has 0 heterocycles. The van der Waals surface area contributed by atoms with E-state index < -0.39 is 0 Å². The van der Waals surface area contributed by atoms with Gasteiger partial charge < -0.3 is 10.1 Å². The second kappa shape index (κ2) is 4.14. The molecule has 0 spiro atoms. The van der Waals surface area contributed by atoms with Gasteiger partial charge >= 0.3 is 0 Å². The van der Waals surface area contributed by atoms with Gasteiger partial charge in [0.1, 0.15) is 5.75 Å². The lowest BCUT2D eigenvalue weighted by molar-refractivity contribution is 0.407. The van der Waals surface area contributed by atoms with E-state index in [9.17, 15) is 0 Å². The molecule has 0 amide bonds. The number of benzene rings is 1. The van der Waals surface area contributed by atoms with E-state index in [0.29, 0.717) is 12.0 Å². The summed E-state index contributed by atoms with van der Waals surface area (Å²) in [5, 5.41) is 3.38. The lowest BCUT2D eigenvalue weighted by Gasteiger charge is -2.16. The van der Waals surface area contributed by atoms with Gasteiger partial charge in [-0.2, -0.15) is 0 Å². The van der Waals surface area contributed by atoms with Gasteiger partial charge in [0.05, 0.1) is 7.11 Å². The predicted octanol–water partition coefficient (Wildman–Crippen LogP) is 2.91. The van der Waals surface area contributed by atoms with Gasteiger partial charge in [0, 0.05) is 16.1 Å². The summed E-state index contributed by atoms with van der Waals surface area (Å²) in [5.41, 5.74) is 2.71. The van der Waals surface area contributed by atoms with Crippen LogP contribution >= 0.6 is 15.9 Å². The topological polar surface area (TPSA) is 21.3 Å². The number of rotatable bonds is 2. The maximum absolute atomic E-state index is 5.40. The monoisotopic (exact) mass is 269 g/mol. The number of hydrogen-bond donors (Lipinski definition) is 1. The molecule has 15 heavy (non-hydrogen) atoms. The van der Waals surface area contributed by atoms with Crippen LogP contribution in [0.2, 0.25) is 0 Å². The molecule has 0 aromatic heterocycles. The molecule has 2 rings (SSSR count). The molecule has 0 radical (unpaired) electrons. The van der Waals surface area contributed by atoms with Crippen molar-refractivity contribution in [1.29, 1.82) is 0 Å². The Morgan fingerprint density at radius 3 is 2.80 bits per heavy atom. The summed E-state index contributed by atoms with van der Waals surface area (Å²) >= 11 is 3.62. The Kier molecular flexibility index (Phi) is 3.03. The van der Waals surface area contributed by atoms with Crippen LogP contribution in [0.1, 0.15) is 24.1 Å². The Morgan fingerprint density at radius 1 is 1.47 bits per heavy atom. The fraction of sp³-hybridized carbons (Fsp3) is 0.500. The molecule has 2 nitrogen and oxygen atoms in total.